The number of hydrogen-bond donors (Lipinski definition) is 3. The Kier molecular flexibility index (Phi) is 4.87. The van der Waals surface area contributed by atoms with Crippen LogP contribution in [0.15, 0.2) is 60.7 Å². The van der Waals surface area contributed by atoms with Gasteiger partial charge in [-0.1, -0.05) is 36.4 Å². The van der Waals surface area contributed by atoms with E-state index in [9.17, 15) is 0 Å². The molecule has 3 N–H and O–H groups in total. The molecule has 1 fully saturated rings. The van der Waals surface area contributed by atoms with Crippen LogP contribution in [0, 0.1) is 0 Å². The van der Waals surface area contributed by atoms with Crippen LogP contribution in [-0.4, -0.2) is 54.2 Å². The molecule has 0 amide bonds. The molecule has 2 aromatic carbocycles. The maximum Gasteiger partial charge on any atom is 0.137 e. The molecule has 144 valence electrons. The van der Waals surface area contributed by atoms with E-state index in [0.29, 0.717) is 6.61 Å². The maximum atomic E-state index is 6.45. The van der Waals surface area contributed by atoms with Gasteiger partial charge in [0.1, 0.15) is 6.10 Å². The van der Waals surface area contributed by atoms with E-state index in [1.165, 1.54) is 10.8 Å². The predicted octanol–water partition coefficient (Wildman–Crippen LogP) is 3.66. The number of nitrogens with one attached hydrogen (secondary N) is 3. The number of nitrogens with zero attached hydrogens (tertiary/aromatic N) is 1. The molecule has 1 aliphatic heterocycles. The highest BCUT2D eigenvalue weighted by atomic mass is 16.5. The first-order chi connectivity index (χ1) is 13.9. The third-order valence-electron chi connectivity index (χ3n) is 5.57. The van der Waals surface area contributed by atoms with Crippen molar-refractivity contribution < 1.29 is 4.74 Å². The van der Waals surface area contributed by atoms with Crippen LogP contribution in [0.1, 0.15) is 17.5 Å². The highest BCUT2D eigenvalue weighted by molar-refractivity contribution is 5.82. The van der Waals surface area contributed by atoms with E-state index in [1.54, 1.807) is 0 Å². The largest absolute Gasteiger partial charge is 0.364 e. The maximum absolute atomic E-state index is 6.45. The van der Waals surface area contributed by atoms with Gasteiger partial charge in [-0.2, -0.15) is 0 Å². The van der Waals surface area contributed by atoms with Crippen molar-refractivity contribution in [1.82, 2.24) is 20.2 Å². The summed E-state index contributed by atoms with van der Waals surface area (Å²) < 4.78 is 6.45. The zero-order valence-electron chi connectivity index (χ0n) is 15.9. The highest BCUT2D eigenvalue weighted by Gasteiger charge is 2.20. The smallest absolute Gasteiger partial charge is 0.137 e. The second-order valence-electron chi connectivity index (χ2n) is 7.47. The van der Waals surface area contributed by atoms with Crippen molar-refractivity contribution in [2.75, 3.05) is 39.3 Å². The van der Waals surface area contributed by atoms with Gasteiger partial charge in [0.05, 0.1) is 18.0 Å². The fourth-order valence-corrected chi connectivity index (χ4v) is 4.06. The van der Waals surface area contributed by atoms with Crippen LogP contribution >= 0.6 is 0 Å². The van der Waals surface area contributed by atoms with Crippen molar-refractivity contribution in [3.05, 3.63) is 72.1 Å². The van der Waals surface area contributed by atoms with Crippen molar-refractivity contribution in [3.8, 4) is 0 Å². The molecule has 0 aliphatic carbocycles. The summed E-state index contributed by atoms with van der Waals surface area (Å²) in [6, 6.07) is 21.2. The minimum Gasteiger partial charge on any atom is -0.364 e. The second kappa shape index (κ2) is 7.80. The van der Waals surface area contributed by atoms with Crippen molar-refractivity contribution in [2.24, 2.45) is 0 Å². The Morgan fingerprint density at radius 3 is 1.96 bits per heavy atom. The van der Waals surface area contributed by atoms with Crippen LogP contribution in [0.2, 0.25) is 0 Å². The third-order valence-corrected chi connectivity index (χ3v) is 5.57. The summed E-state index contributed by atoms with van der Waals surface area (Å²) >= 11 is 0. The standard InChI is InChI=1S/C23H26N4O/c1-3-7-19-17(5-1)15-21(25-19)23(28-14-13-27-11-9-24-10-12-27)22-16-18-6-2-4-8-20(18)26-22/h1-8,15-16,23-26H,9-14H2. The van der Waals surface area contributed by atoms with Gasteiger partial charge in [0.25, 0.3) is 0 Å². The van der Waals surface area contributed by atoms with Crippen molar-refractivity contribution in [2.45, 2.75) is 6.10 Å². The van der Waals surface area contributed by atoms with Crippen LogP contribution in [0.5, 0.6) is 0 Å². The molecule has 0 radical (unpaired) electrons. The van der Waals surface area contributed by atoms with Crippen LogP contribution in [0.25, 0.3) is 21.8 Å². The van der Waals surface area contributed by atoms with Gasteiger partial charge in [-0.15, -0.1) is 0 Å². The number of hydrogen-bond acceptors (Lipinski definition) is 3. The van der Waals surface area contributed by atoms with Crippen molar-refractivity contribution >= 4 is 21.8 Å². The molecule has 0 atom stereocenters. The summed E-state index contributed by atoms with van der Waals surface area (Å²) in [6.45, 7) is 5.97. The van der Waals surface area contributed by atoms with E-state index in [0.717, 1.165) is 55.1 Å². The number of ether oxygens (including phenoxy) is 1. The number of aromatic amines is 2. The average Bonchev–Trinajstić information content (AvgIpc) is 3.36. The van der Waals surface area contributed by atoms with Gasteiger partial charge in [-0.05, 0) is 35.0 Å². The molecule has 5 heteroatoms. The lowest BCUT2D eigenvalue weighted by atomic mass is 10.1. The summed E-state index contributed by atoms with van der Waals surface area (Å²) in [6.07, 6.45) is -0.136. The Bertz CT molecular complexity index is 921. The molecule has 28 heavy (non-hydrogen) atoms. The quantitative estimate of drug-likeness (QED) is 0.483. The monoisotopic (exact) mass is 374 g/mol. The minimum absolute atomic E-state index is 0.136. The van der Waals surface area contributed by atoms with E-state index in [1.807, 2.05) is 0 Å². The summed E-state index contributed by atoms with van der Waals surface area (Å²) in [5, 5.41) is 5.83. The van der Waals surface area contributed by atoms with Crippen LogP contribution < -0.4 is 5.32 Å². The first-order valence-electron chi connectivity index (χ1n) is 10.1. The van der Waals surface area contributed by atoms with Gasteiger partial charge in [0, 0.05) is 43.8 Å². The number of aromatic nitrogens is 2. The van der Waals surface area contributed by atoms with Gasteiger partial charge in [-0.25, -0.2) is 0 Å². The molecule has 3 heterocycles. The highest BCUT2D eigenvalue weighted by Crippen LogP contribution is 2.30. The van der Waals surface area contributed by atoms with Crippen molar-refractivity contribution in [1.29, 1.82) is 0 Å². The first kappa shape index (κ1) is 17.5. The van der Waals surface area contributed by atoms with Gasteiger partial charge < -0.3 is 20.0 Å². The Balaban J connectivity index is 1.42. The third kappa shape index (κ3) is 3.56. The number of fused-ring (bicyclic) bond motifs is 2. The van der Waals surface area contributed by atoms with Crippen LogP contribution in [0.3, 0.4) is 0 Å². The number of para-hydroxylation sites is 2. The van der Waals surface area contributed by atoms with Gasteiger partial charge in [-0.3, -0.25) is 4.90 Å². The Hall–Kier alpha value is -2.60. The van der Waals surface area contributed by atoms with E-state index < -0.39 is 0 Å². The summed E-state index contributed by atoms with van der Waals surface area (Å²) in [7, 11) is 0. The van der Waals surface area contributed by atoms with Crippen LogP contribution in [-0.2, 0) is 4.74 Å². The second-order valence-corrected chi connectivity index (χ2v) is 7.47. The molecule has 2 aromatic heterocycles. The number of rotatable bonds is 6. The topological polar surface area (TPSA) is 56.1 Å². The molecule has 0 unspecified atom stereocenters. The molecule has 4 aromatic rings. The zero-order chi connectivity index (χ0) is 18.8. The molecule has 1 saturated heterocycles. The zero-order valence-corrected chi connectivity index (χ0v) is 15.9. The molecule has 0 bridgehead atoms. The average molecular weight is 374 g/mol. The van der Waals surface area contributed by atoms with E-state index in [2.05, 4.69) is 80.8 Å². The molecule has 5 nitrogen and oxygen atoms in total. The normalized spacial score (nSPS) is 15.8. The molecule has 0 saturated carbocycles. The minimum atomic E-state index is -0.136. The fraction of sp³-hybridized carbons (Fsp3) is 0.304. The molecule has 1 aliphatic rings. The molecular weight excluding hydrogens is 348 g/mol. The van der Waals surface area contributed by atoms with Gasteiger partial charge in [0.15, 0.2) is 0 Å². The fourth-order valence-electron chi connectivity index (χ4n) is 4.06. The summed E-state index contributed by atoms with van der Waals surface area (Å²) in [5.41, 5.74) is 4.47. The van der Waals surface area contributed by atoms with E-state index in [4.69, 9.17) is 4.74 Å². The van der Waals surface area contributed by atoms with Gasteiger partial charge >= 0.3 is 0 Å². The molecule has 5 rings (SSSR count). The lowest BCUT2D eigenvalue weighted by molar-refractivity contribution is 0.0536. The van der Waals surface area contributed by atoms with Crippen molar-refractivity contribution in [3.63, 3.8) is 0 Å². The number of benzene rings is 2. The molecular formula is C23H26N4O. The van der Waals surface area contributed by atoms with Gasteiger partial charge in [0.2, 0.25) is 0 Å². The van der Waals surface area contributed by atoms with Crippen LogP contribution in [0.4, 0.5) is 0 Å². The predicted molar refractivity (Wildman–Crippen MR) is 114 cm³/mol. The molecule has 0 spiro atoms. The lowest BCUT2D eigenvalue weighted by Crippen LogP contribution is -2.44. The number of piperazine rings is 1. The first-order valence-corrected chi connectivity index (χ1v) is 10.1. The lowest BCUT2D eigenvalue weighted by Gasteiger charge is -2.27. The Labute approximate surface area is 164 Å². The summed E-state index contributed by atoms with van der Waals surface area (Å²) in [4.78, 5) is 9.58. The summed E-state index contributed by atoms with van der Waals surface area (Å²) in [5.74, 6) is 0. The van der Waals surface area contributed by atoms with E-state index >= 15 is 0 Å². The Morgan fingerprint density at radius 2 is 1.39 bits per heavy atom. The Morgan fingerprint density at radius 1 is 0.821 bits per heavy atom. The SMILES string of the molecule is c1ccc2[nH]c(C(OCCN3CCNCC3)c3cc4ccccc4[nH]3)cc2c1. The van der Waals surface area contributed by atoms with E-state index in [-0.39, 0.29) is 6.10 Å². The number of H-pyrrole nitrogens is 2.